The van der Waals surface area contributed by atoms with Gasteiger partial charge in [-0.1, -0.05) is 6.92 Å². The highest BCUT2D eigenvalue weighted by molar-refractivity contribution is 9.10. The molecule has 0 radical (unpaired) electrons. The number of amides is 1. The van der Waals surface area contributed by atoms with Crippen LogP contribution in [0.2, 0.25) is 0 Å². The zero-order valence-corrected chi connectivity index (χ0v) is 13.0. The number of hydrogen-bond donors (Lipinski definition) is 2. The summed E-state index contributed by atoms with van der Waals surface area (Å²) >= 11 is 4.87. The van der Waals surface area contributed by atoms with E-state index < -0.39 is 12.0 Å². The number of carboxylic acids is 1. The molecule has 2 N–H and O–H groups in total. The molecule has 6 heteroatoms. The number of halogens is 1. The van der Waals surface area contributed by atoms with Gasteiger partial charge in [0.25, 0.3) is 0 Å². The molecular formula is C13H16BrNO3S. The molecule has 0 saturated heterocycles. The lowest BCUT2D eigenvalue weighted by Gasteiger charge is -2.18. The van der Waals surface area contributed by atoms with Crippen LogP contribution in [-0.2, 0) is 16.0 Å². The van der Waals surface area contributed by atoms with Gasteiger partial charge in [-0.25, -0.2) is 4.79 Å². The van der Waals surface area contributed by atoms with Crippen molar-refractivity contribution >= 4 is 39.1 Å². The summed E-state index contributed by atoms with van der Waals surface area (Å²) in [6.45, 7) is 1.97. The normalized spacial score (nSPS) is 17.8. The third-order valence-electron chi connectivity index (χ3n) is 3.70. The van der Waals surface area contributed by atoms with E-state index >= 15 is 0 Å². The minimum absolute atomic E-state index is 0.116. The first-order valence-electron chi connectivity index (χ1n) is 6.24. The van der Waals surface area contributed by atoms with Crippen molar-refractivity contribution in [3.63, 3.8) is 0 Å². The Morgan fingerprint density at radius 3 is 2.68 bits per heavy atom. The van der Waals surface area contributed by atoms with E-state index in [9.17, 15) is 14.7 Å². The van der Waals surface area contributed by atoms with Crippen molar-refractivity contribution in [2.24, 2.45) is 5.41 Å². The largest absolute Gasteiger partial charge is 0.480 e. The van der Waals surface area contributed by atoms with E-state index in [2.05, 4.69) is 21.2 Å². The SMILES string of the molecule is CCC1(C(=O)N[C@@H](Cc2sccc2Br)C(=O)O)CC1. The number of hydrogen-bond acceptors (Lipinski definition) is 3. The Kier molecular flexibility index (Phi) is 4.30. The third kappa shape index (κ3) is 3.17. The fraction of sp³-hybridized carbons (Fsp3) is 0.538. The Labute approximate surface area is 124 Å². The second kappa shape index (κ2) is 5.63. The number of rotatable bonds is 6. The lowest BCUT2D eigenvalue weighted by Crippen LogP contribution is -2.45. The first-order valence-corrected chi connectivity index (χ1v) is 7.91. The molecule has 1 fully saturated rings. The van der Waals surface area contributed by atoms with Crippen LogP contribution in [0.25, 0.3) is 0 Å². The van der Waals surface area contributed by atoms with Crippen LogP contribution in [0.1, 0.15) is 31.1 Å². The summed E-state index contributed by atoms with van der Waals surface area (Å²) in [4.78, 5) is 24.3. The topological polar surface area (TPSA) is 66.4 Å². The summed E-state index contributed by atoms with van der Waals surface area (Å²) in [6.07, 6.45) is 2.82. The highest BCUT2D eigenvalue weighted by atomic mass is 79.9. The maximum atomic E-state index is 12.1. The third-order valence-corrected chi connectivity index (χ3v) is 5.64. The van der Waals surface area contributed by atoms with E-state index in [0.29, 0.717) is 6.42 Å². The van der Waals surface area contributed by atoms with Gasteiger partial charge < -0.3 is 10.4 Å². The van der Waals surface area contributed by atoms with Gasteiger partial charge in [0.15, 0.2) is 0 Å². The van der Waals surface area contributed by atoms with E-state index in [1.165, 1.54) is 11.3 Å². The molecular weight excluding hydrogens is 330 g/mol. The van der Waals surface area contributed by atoms with Crippen LogP contribution in [-0.4, -0.2) is 23.0 Å². The molecule has 1 aliphatic carbocycles. The van der Waals surface area contributed by atoms with Crippen LogP contribution < -0.4 is 5.32 Å². The number of carbonyl (C=O) groups is 2. The molecule has 0 spiro atoms. The standard InChI is InChI=1S/C13H16BrNO3S/c1-2-13(4-5-13)12(18)15-9(11(16)17)7-10-8(14)3-6-19-10/h3,6,9H,2,4-5,7H2,1H3,(H,15,18)(H,16,17)/t9-/m0/s1. The molecule has 1 saturated carbocycles. The molecule has 4 nitrogen and oxygen atoms in total. The monoisotopic (exact) mass is 345 g/mol. The minimum Gasteiger partial charge on any atom is -0.480 e. The fourth-order valence-corrected chi connectivity index (χ4v) is 3.62. The number of carboxylic acid groups (broad SMARTS) is 1. The molecule has 1 heterocycles. The Morgan fingerprint density at radius 2 is 2.26 bits per heavy atom. The van der Waals surface area contributed by atoms with E-state index in [1.54, 1.807) is 0 Å². The Balaban J connectivity index is 2.03. The van der Waals surface area contributed by atoms with Gasteiger partial charge in [-0.2, -0.15) is 0 Å². The summed E-state index contributed by atoms with van der Waals surface area (Å²) < 4.78 is 0.898. The Morgan fingerprint density at radius 1 is 1.58 bits per heavy atom. The average Bonchev–Trinajstić information content (AvgIpc) is 3.08. The highest BCUT2D eigenvalue weighted by Crippen LogP contribution is 2.48. The van der Waals surface area contributed by atoms with Crippen LogP contribution in [0, 0.1) is 5.41 Å². The van der Waals surface area contributed by atoms with Gasteiger partial charge in [0.2, 0.25) is 5.91 Å². The molecule has 19 heavy (non-hydrogen) atoms. The smallest absolute Gasteiger partial charge is 0.326 e. The number of nitrogens with one attached hydrogen (secondary N) is 1. The Hall–Kier alpha value is -0.880. The van der Waals surface area contributed by atoms with Gasteiger partial charge in [0.05, 0.1) is 0 Å². The molecule has 1 aromatic heterocycles. The predicted octanol–water partition coefficient (Wildman–Crippen LogP) is 2.81. The second-order valence-corrected chi connectivity index (χ2v) is 6.75. The fourth-order valence-electron chi connectivity index (χ4n) is 2.06. The summed E-state index contributed by atoms with van der Waals surface area (Å²) in [7, 11) is 0. The zero-order chi connectivity index (χ0) is 14.0. The summed E-state index contributed by atoms with van der Waals surface area (Å²) in [5.41, 5.74) is -0.305. The molecule has 0 aliphatic heterocycles. The van der Waals surface area contributed by atoms with Crippen molar-refractivity contribution in [1.29, 1.82) is 0 Å². The summed E-state index contributed by atoms with van der Waals surface area (Å²) in [6, 6.07) is 1.03. The van der Waals surface area contributed by atoms with E-state index in [1.807, 2.05) is 18.4 Å². The molecule has 0 bridgehead atoms. The van der Waals surface area contributed by atoms with Crippen molar-refractivity contribution in [1.82, 2.24) is 5.32 Å². The maximum absolute atomic E-state index is 12.1. The van der Waals surface area contributed by atoms with E-state index in [0.717, 1.165) is 28.6 Å². The van der Waals surface area contributed by atoms with E-state index in [-0.39, 0.29) is 11.3 Å². The molecule has 1 aromatic rings. The Bertz CT molecular complexity index is 496. The summed E-state index contributed by atoms with van der Waals surface area (Å²) in [5.74, 6) is -1.10. The molecule has 0 aromatic carbocycles. The van der Waals surface area contributed by atoms with Crippen LogP contribution in [0.15, 0.2) is 15.9 Å². The van der Waals surface area contributed by atoms with Gasteiger partial charge in [-0.05, 0) is 46.6 Å². The van der Waals surface area contributed by atoms with Crippen LogP contribution in [0.5, 0.6) is 0 Å². The zero-order valence-electron chi connectivity index (χ0n) is 10.6. The van der Waals surface area contributed by atoms with Gasteiger partial charge in [-0.15, -0.1) is 11.3 Å². The first-order chi connectivity index (χ1) is 8.98. The molecule has 104 valence electrons. The first kappa shape index (κ1) is 14.5. The van der Waals surface area contributed by atoms with Crippen LogP contribution >= 0.6 is 27.3 Å². The van der Waals surface area contributed by atoms with Crippen molar-refractivity contribution in [2.45, 2.75) is 38.6 Å². The van der Waals surface area contributed by atoms with Crippen molar-refractivity contribution in [2.75, 3.05) is 0 Å². The number of aliphatic carboxylic acids is 1. The lowest BCUT2D eigenvalue weighted by molar-refractivity contribution is -0.142. The molecule has 1 atom stereocenters. The maximum Gasteiger partial charge on any atom is 0.326 e. The molecule has 1 amide bonds. The second-order valence-electron chi connectivity index (χ2n) is 4.89. The molecule has 1 aliphatic rings. The lowest BCUT2D eigenvalue weighted by atomic mass is 10.0. The van der Waals surface area contributed by atoms with Crippen LogP contribution in [0.3, 0.4) is 0 Å². The van der Waals surface area contributed by atoms with Crippen molar-refractivity contribution in [3.05, 3.63) is 20.8 Å². The van der Waals surface area contributed by atoms with Gasteiger partial charge in [0.1, 0.15) is 6.04 Å². The van der Waals surface area contributed by atoms with E-state index in [4.69, 9.17) is 0 Å². The number of thiophene rings is 1. The predicted molar refractivity (Wildman–Crippen MR) is 77.2 cm³/mol. The minimum atomic E-state index is -0.986. The average molecular weight is 346 g/mol. The van der Waals surface area contributed by atoms with Gasteiger partial charge in [0, 0.05) is 21.2 Å². The van der Waals surface area contributed by atoms with Crippen molar-refractivity contribution in [3.8, 4) is 0 Å². The number of carbonyl (C=O) groups excluding carboxylic acids is 1. The molecule has 0 unspecified atom stereocenters. The van der Waals surface area contributed by atoms with Crippen LogP contribution in [0.4, 0.5) is 0 Å². The van der Waals surface area contributed by atoms with Gasteiger partial charge in [-0.3, -0.25) is 4.79 Å². The molecule has 2 rings (SSSR count). The van der Waals surface area contributed by atoms with Gasteiger partial charge >= 0.3 is 5.97 Å². The van der Waals surface area contributed by atoms with Crippen molar-refractivity contribution < 1.29 is 14.7 Å². The summed E-state index contributed by atoms with van der Waals surface area (Å²) in [5, 5.41) is 13.8. The quantitative estimate of drug-likeness (QED) is 0.832. The highest BCUT2D eigenvalue weighted by Gasteiger charge is 2.48.